The standard InChI is InChI=1S/C52H35NO/c1-2-10-36(11-3-1)37-20-27-44(28-21-37)53(46-31-24-39(25-32-46)42-26-33-52-50(35-42)49-17-6-7-19-51(49)54-52)45-29-22-38(23-30-45)41-14-8-15-43(34-41)48-18-9-13-40-12-4-5-16-47(40)48/h1-35H. The Hall–Kier alpha value is -7.16. The second-order valence-corrected chi connectivity index (χ2v) is 13.8. The van der Waals surface area contributed by atoms with Crippen LogP contribution in [0.4, 0.5) is 17.1 Å². The van der Waals surface area contributed by atoms with Gasteiger partial charge in [-0.05, 0) is 116 Å². The third-order valence-corrected chi connectivity index (χ3v) is 10.5. The number of benzene rings is 9. The second-order valence-electron chi connectivity index (χ2n) is 13.8. The SMILES string of the molecule is c1ccc(-c2ccc(N(c3ccc(-c4cccc(-c5cccc6ccccc56)c4)cc3)c3ccc(-c4ccc5oc6ccccc6c5c4)cc3)cc2)cc1. The maximum Gasteiger partial charge on any atom is 0.135 e. The highest BCUT2D eigenvalue weighted by molar-refractivity contribution is 6.06. The number of fused-ring (bicyclic) bond motifs is 4. The Morgan fingerprint density at radius 3 is 1.44 bits per heavy atom. The molecule has 0 unspecified atom stereocenters. The molecule has 0 radical (unpaired) electrons. The van der Waals surface area contributed by atoms with Crippen LogP contribution in [0.3, 0.4) is 0 Å². The van der Waals surface area contributed by atoms with Gasteiger partial charge in [0.15, 0.2) is 0 Å². The van der Waals surface area contributed by atoms with Gasteiger partial charge in [-0.25, -0.2) is 0 Å². The Kier molecular flexibility index (Phi) is 7.85. The van der Waals surface area contributed by atoms with Crippen molar-refractivity contribution in [2.45, 2.75) is 0 Å². The van der Waals surface area contributed by atoms with E-state index in [9.17, 15) is 0 Å². The number of furan rings is 1. The van der Waals surface area contributed by atoms with Crippen LogP contribution in [0.25, 0.3) is 77.2 Å². The van der Waals surface area contributed by atoms with E-state index in [2.05, 4.69) is 205 Å². The van der Waals surface area contributed by atoms with Crippen LogP contribution in [0.2, 0.25) is 0 Å². The normalized spacial score (nSPS) is 11.3. The van der Waals surface area contributed by atoms with Gasteiger partial charge >= 0.3 is 0 Å². The van der Waals surface area contributed by atoms with Crippen LogP contribution in [0, 0.1) is 0 Å². The lowest BCUT2D eigenvalue weighted by atomic mass is 9.95. The van der Waals surface area contributed by atoms with Crippen molar-refractivity contribution in [3.05, 3.63) is 212 Å². The summed E-state index contributed by atoms with van der Waals surface area (Å²) >= 11 is 0. The number of anilines is 3. The molecule has 0 bridgehead atoms. The summed E-state index contributed by atoms with van der Waals surface area (Å²) in [6.45, 7) is 0. The number of nitrogens with zero attached hydrogens (tertiary/aromatic N) is 1. The molecule has 0 aliphatic rings. The minimum Gasteiger partial charge on any atom is -0.456 e. The summed E-state index contributed by atoms with van der Waals surface area (Å²) in [6.07, 6.45) is 0. The molecule has 0 spiro atoms. The lowest BCUT2D eigenvalue weighted by Gasteiger charge is -2.26. The quantitative estimate of drug-likeness (QED) is 0.166. The summed E-state index contributed by atoms with van der Waals surface area (Å²) in [5, 5.41) is 4.79. The average Bonchev–Trinajstić information content (AvgIpc) is 3.63. The van der Waals surface area contributed by atoms with Gasteiger partial charge in [-0.15, -0.1) is 0 Å². The van der Waals surface area contributed by atoms with Crippen molar-refractivity contribution in [3.63, 3.8) is 0 Å². The monoisotopic (exact) mass is 689 g/mol. The third kappa shape index (κ3) is 5.81. The van der Waals surface area contributed by atoms with E-state index in [1.807, 2.05) is 12.1 Å². The molecule has 54 heavy (non-hydrogen) atoms. The molecule has 0 fully saturated rings. The van der Waals surface area contributed by atoms with Crippen molar-refractivity contribution in [3.8, 4) is 44.5 Å². The van der Waals surface area contributed by atoms with Gasteiger partial charge in [0, 0.05) is 27.8 Å². The first kappa shape index (κ1) is 31.6. The van der Waals surface area contributed by atoms with Crippen LogP contribution < -0.4 is 4.90 Å². The van der Waals surface area contributed by atoms with E-state index in [0.29, 0.717) is 0 Å². The van der Waals surface area contributed by atoms with E-state index in [0.717, 1.165) is 50.1 Å². The molecule has 254 valence electrons. The molecule has 0 amide bonds. The van der Waals surface area contributed by atoms with Crippen molar-refractivity contribution >= 4 is 49.8 Å². The van der Waals surface area contributed by atoms with Crippen LogP contribution in [0.15, 0.2) is 217 Å². The average molecular weight is 690 g/mol. The first-order valence-electron chi connectivity index (χ1n) is 18.4. The summed E-state index contributed by atoms with van der Waals surface area (Å²) in [4.78, 5) is 2.33. The molecule has 0 N–H and O–H groups in total. The van der Waals surface area contributed by atoms with Crippen LogP contribution in [-0.4, -0.2) is 0 Å². The first-order chi connectivity index (χ1) is 26.7. The zero-order valence-electron chi connectivity index (χ0n) is 29.6. The highest BCUT2D eigenvalue weighted by atomic mass is 16.3. The predicted molar refractivity (Wildman–Crippen MR) is 228 cm³/mol. The minimum atomic E-state index is 0.908. The summed E-state index contributed by atoms with van der Waals surface area (Å²) in [7, 11) is 0. The molecular weight excluding hydrogens is 655 g/mol. The Morgan fingerprint density at radius 2 is 0.741 bits per heavy atom. The molecule has 1 heterocycles. The summed E-state index contributed by atoms with van der Waals surface area (Å²) in [5.74, 6) is 0. The van der Waals surface area contributed by atoms with E-state index in [1.54, 1.807) is 0 Å². The summed E-state index contributed by atoms with van der Waals surface area (Å²) in [5.41, 5.74) is 14.7. The fraction of sp³-hybridized carbons (Fsp3) is 0. The fourth-order valence-electron chi connectivity index (χ4n) is 7.74. The maximum atomic E-state index is 6.10. The van der Waals surface area contributed by atoms with Crippen molar-refractivity contribution in [2.24, 2.45) is 0 Å². The molecule has 1 aromatic heterocycles. The largest absolute Gasteiger partial charge is 0.456 e. The Labute approximate surface area is 314 Å². The van der Waals surface area contributed by atoms with E-state index in [4.69, 9.17) is 4.42 Å². The zero-order valence-corrected chi connectivity index (χ0v) is 29.6. The van der Waals surface area contributed by atoms with Gasteiger partial charge in [0.1, 0.15) is 11.2 Å². The van der Waals surface area contributed by atoms with E-state index >= 15 is 0 Å². The molecule has 0 aliphatic heterocycles. The van der Waals surface area contributed by atoms with Crippen molar-refractivity contribution in [1.29, 1.82) is 0 Å². The van der Waals surface area contributed by atoms with Gasteiger partial charge in [-0.3, -0.25) is 0 Å². The molecule has 0 atom stereocenters. The van der Waals surface area contributed by atoms with Gasteiger partial charge in [-0.1, -0.05) is 152 Å². The Morgan fingerprint density at radius 1 is 0.278 bits per heavy atom. The minimum absolute atomic E-state index is 0.908. The van der Waals surface area contributed by atoms with Crippen LogP contribution in [-0.2, 0) is 0 Å². The first-order valence-corrected chi connectivity index (χ1v) is 18.4. The number of rotatable bonds is 7. The molecule has 9 aromatic carbocycles. The summed E-state index contributed by atoms with van der Waals surface area (Å²) in [6, 6.07) is 76.0. The maximum absolute atomic E-state index is 6.10. The van der Waals surface area contributed by atoms with E-state index in [1.165, 1.54) is 44.2 Å². The van der Waals surface area contributed by atoms with Crippen LogP contribution >= 0.6 is 0 Å². The molecule has 0 saturated heterocycles. The van der Waals surface area contributed by atoms with Gasteiger partial charge in [-0.2, -0.15) is 0 Å². The molecule has 10 aromatic rings. The van der Waals surface area contributed by atoms with Crippen molar-refractivity contribution < 1.29 is 4.42 Å². The highest BCUT2D eigenvalue weighted by Crippen LogP contribution is 2.39. The molecule has 0 aliphatic carbocycles. The number of hydrogen-bond acceptors (Lipinski definition) is 2. The Bertz CT molecular complexity index is 2900. The molecule has 2 nitrogen and oxygen atoms in total. The summed E-state index contributed by atoms with van der Waals surface area (Å²) < 4.78 is 6.10. The van der Waals surface area contributed by atoms with Gasteiger partial charge in [0.25, 0.3) is 0 Å². The van der Waals surface area contributed by atoms with Gasteiger partial charge < -0.3 is 9.32 Å². The Balaban J connectivity index is 1.01. The highest BCUT2D eigenvalue weighted by Gasteiger charge is 2.15. The molecule has 2 heteroatoms. The van der Waals surface area contributed by atoms with Crippen molar-refractivity contribution in [1.82, 2.24) is 0 Å². The van der Waals surface area contributed by atoms with Crippen molar-refractivity contribution in [2.75, 3.05) is 4.90 Å². The van der Waals surface area contributed by atoms with Crippen LogP contribution in [0.1, 0.15) is 0 Å². The molecule has 0 saturated carbocycles. The number of para-hydroxylation sites is 1. The fourth-order valence-corrected chi connectivity index (χ4v) is 7.74. The van der Waals surface area contributed by atoms with E-state index in [-0.39, 0.29) is 0 Å². The van der Waals surface area contributed by atoms with Gasteiger partial charge in [0.05, 0.1) is 0 Å². The topological polar surface area (TPSA) is 16.4 Å². The zero-order chi connectivity index (χ0) is 35.8. The third-order valence-electron chi connectivity index (χ3n) is 10.5. The van der Waals surface area contributed by atoms with E-state index < -0.39 is 0 Å². The lowest BCUT2D eigenvalue weighted by molar-refractivity contribution is 0.669. The number of hydrogen-bond donors (Lipinski definition) is 0. The lowest BCUT2D eigenvalue weighted by Crippen LogP contribution is -2.09. The second kappa shape index (κ2) is 13.4. The smallest absolute Gasteiger partial charge is 0.135 e. The molecule has 10 rings (SSSR count). The van der Waals surface area contributed by atoms with Gasteiger partial charge in [0.2, 0.25) is 0 Å². The van der Waals surface area contributed by atoms with Crippen LogP contribution in [0.5, 0.6) is 0 Å². The predicted octanol–water partition coefficient (Wildman–Crippen LogP) is 14.9. The molecular formula is C52H35NO.